The normalized spacial score (nSPS) is 17.7. The van der Waals surface area contributed by atoms with Gasteiger partial charge in [0.2, 0.25) is 0 Å². The number of ether oxygens (including phenoxy) is 1. The van der Waals surface area contributed by atoms with E-state index in [0.717, 1.165) is 0 Å². The zero-order chi connectivity index (χ0) is 28.6. The summed E-state index contributed by atoms with van der Waals surface area (Å²) in [4.78, 5) is 31.2. The number of nitrogens with zero attached hydrogens (tertiary/aromatic N) is 7. The lowest BCUT2D eigenvalue weighted by molar-refractivity contribution is -0.156. The lowest BCUT2D eigenvalue weighted by atomic mass is 10.0. The molecule has 10 heteroatoms. The van der Waals surface area contributed by atoms with Crippen LogP contribution in [0.15, 0.2) is 55.1 Å². The first-order valence-corrected chi connectivity index (χ1v) is 13.4. The first-order valence-electron chi connectivity index (χ1n) is 13.4. The smallest absolute Gasteiger partial charge is 0.254 e. The molecule has 0 radical (unpaired) electrons. The Morgan fingerprint density at radius 3 is 2.62 bits per heavy atom. The maximum Gasteiger partial charge on any atom is 0.254 e. The molecule has 0 unspecified atom stereocenters. The highest BCUT2D eigenvalue weighted by Crippen LogP contribution is 2.39. The Kier molecular flexibility index (Phi) is 7.25. The second-order valence-electron chi connectivity index (χ2n) is 10.6. The molecule has 0 bridgehead atoms. The lowest BCUT2D eigenvalue weighted by Crippen LogP contribution is -2.62. The van der Waals surface area contributed by atoms with Gasteiger partial charge in [-0.15, -0.1) is 0 Å². The maximum absolute atomic E-state index is 15.2. The minimum atomic E-state index is -0.923. The van der Waals surface area contributed by atoms with E-state index in [2.05, 4.69) is 20.9 Å². The van der Waals surface area contributed by atoms with E-state index in [1.54, 1.807) is 61.1 Å². The van der Waals surface area contributed by atoms with Crippen LogP contribution in [0.5, 0.6) is 0 Å². The van der Waals surface area contributed by atoms with Gasteiger partial charge in [-0.05, 0) is 52.8 Å². The van der Waals surface area contributed by atoms with Crippen molar-refractivity contribution < 1.29 is 13.9 Å². The first kappa shape index (κ1) is 27.2. The van der Waals surface area contributed by atoms with Crippen LogP contribution in [0.4, 0.5) is 10.2 Å². The molecule has 4 heterocycles. The standard InChI is InChI=1S/C30H32FN7O2/c1-6-40-30(4,5)29(39)37-16-19(2)36(15-20(37)3)27-26-23(22-9-7-8-10-24(22)31)17-38(28(26)35-18-34-27)25-13-21(14-32)11-12-33-25/h7-13,17-20H,6,15-16H2,1-5H3/t19-,20+/m0/s1. The van der Waals surface area contributed by atoms with Crippen molar-refractivity contribution in [2.75, 3.05) is 24.6 Å². The third-order valence-electron chi connectivity index (χ3n) is 7.39. The third-order valence-corrected chi connectivity index (χ3v) is 7.39. The van der Waals surface area contributed by atoms with Gasteiger partial charge >= 0.3 is 0 Å². The van der Waals surface area contributed by atoms with E-state index in [1.165, 1.54) is 12.4 Å². The zero-order valence-electron chi connectivity index (χ0n) is 23.3. The summed E-state index contributed by atoms with van der Waals surface area (Å²) in [6, 6.07) is 11.8. The van der Waals surface area contributed by atoms with Crippen LogP contribution < -0.4 is 4.90 Å². The Bertz CT molecular complexity index is 1610. The molecule has 0 aliphatic carbocycles. The van der Waals surface area contributed by atoms with Crippen molar-refractivity contribution in [3.05, 3.63) is 66.5 Å². The van der Waals surface area contributed by atoms with E-state index in [4.69, 9.17) is 9.72 Å². The van der Waals surface area contributed by atoms with Gasteiger partial charge in [0.25, 0.3) is 5.91 Å². The van der Waals surface area contributed by atoms with Crippen LogP contribution in [0, 0.1) is 17.1 Å². The average Bonchev–Trinajstić information content (AvgIpc) is 3.34. The molecule has 2 atom stereocenters. The molecule has 0 spiro atoms. The maximum atomic E-state index is 15.2. The molecule has 4 aromatic rings. The van der Waals surface area contributed by atoms with Gasteiger partial charge in [0, 0.05) is 55.3 Å². The largest absolute Gasteiger partial charge is 0.366 e. The minimum Gasteiger partial charge on any atom is -0.366 e. The molecule has 40 heavy (non-hydrogen) atoms. The number of carbonyl (C=O) groups excluding carboxylic acids is 1. The molecule has 1 aliphatic rings. The van der Waals surface area contributed by atoms with Crippen LogP contribution in [0.1, 0.15) is 40.2 Å². The third kappa shape index (κ3) is 4.77. The van der Waals surface area contributed by atoms with E-state index in [1.807, 2.05) is 25.7 Å². The average molecular weight is 542 g/mol. The van der Waals surface area contributed by atoms with Gasteiger partial charge in [-0.25, -0.2) is 19.3 Å². The van der Waals surface area contributed by atoms with Crippen molar-refractivity contribution in [2.24, 2.45) is 0 Å². The second kappa shape index (κ2) is 10.7. The van der Waals surface area contributed by atoms with Crippen molar-refractivity contribution >= 4 is 22.8 Å². The van der Waals surface area contributed by atoms with Crippen molar-refractivity contribution in [3.63, 3.8) is 0 Å². The summed E-state index contributed by atoms with van der Waals surface area (Å²) in [5, 5.41) is 10.1. The van der Waals surface area contributed by atoms with Crippen LogP contribution in [-0.2, 0) is 9.53 Å². The van der Waals surface area contributed by atoms with Gasteiger partial charge in [-0.3, -0.25) is 9.36 Å². The Labute approximate surface area is 232 Å². The number of hydrogen-bond donors (Lipinski definition) is 0. The SMILES string of the molecule is CCOC(C)(C)C(=O)N1C[C@H](C)N(c2ncnc3c2c(-c2ccccc2F)cn3-c2cc(C#N)ccn2)C[C@H]1C. The molecule has 1 aliphatic heterocycles. The minimum absolute atomic E-state index is 0.0529. The number of hydrogen-bond acceptors (Lipinski definition) is 7. The number of carbonyl (C=O) groups is 1. The molecule has 1 fully saturated rings. The van der Waals surface area contributed by atoms with Crippen LogP contribution >= 0.6 is 0 Å². The number of fused-ring (bicyclic) bond motifs is 1. The number of pyridine rings is 1. The van der Waals surface area contributed by atoms with Crippen molar-refractivity contribution in [1.29, 1.82) is 5.26 Å². The number of piperazine rings is 1. The van der Waals surface area contributed by atoms with Crippen LogP contribution in [0.3, 0.4) is 0 Å². The number of aromatic nitrogens is 4. The highest BCUT2D eigenvalue weighted by molar-refractivity contribution is 6.02. The zero-order valence-corrected chi connectivity index (χ0v) is 23.3. The molecular weight excluding hydrogens is 509 g/mol. The van der Waals surface area contributed by atoms with Crippen molar-refractivity contribution in [3.8, 4) is 23.0 Å². The van der Waals surface area contributed by atoms with Crippen molar-refractivity contribution in [2.45, 2.75) is 52.3 Å². The fourth-order valence-corrected chi connectivity index (χ4v) is 5.41. The fraction of sp³-hybridized carbons (Fsp3) is 0.367. The first-order chi connectivity index (χ1) is 19.2. The van der Waals surface area contributed by atoms with Gasteiger partial charge < -0.3 is 14.5 Å². The van der Waals surface area contributed by atoms with E-state index in [-0.39, 0.29) is 23.8 Å². The molecule has 5 rings (SSSR count). The summed E-state index contributed by atoms with van der Waals surface area (Å²) < 4.78 is 22.7. The molecule has 1 amide bonds. The summed E-state index contributed by atoms with van der Waals surface area (Å²) in [5.41, 5.74) is 1.09. The Morgan fingerprint density at radius 2 is 1.90 bits per heavy atom. The number of anilines is 1. The molecule has 1 aromatic carbocycles. The number of halogens is 1. The summed E-state index contributed by atoms with van der Waals surface area (Å²) in [6.45, 7) is 11.0. The predicted molar refractivity (Wildman–Crippen MR) is 150 cm³/mol. The lowest BCUT2D eigenvalue weighted by Gasteiger charge is -2.46. The van der Waals surface area contributed by atoms with Gasteiger partial charge in [-0.2, -0.15) is 5.26 Å². The summed E-state index contributed by atoms with van der Waals surface area (Å²) in [6.07, 6.45) is 4.85. The number of benzene rings is 1. The Balaban J connectivity index is 1.64. The highest BCUT2D eigenvalue weighted by atomic mass is 19.1. The van der Waals surface area contributed by atoms with Gasteiger partial charge in [0.1, 0.15) is 29.4 Å². The number of amides is 1. The Hall–Kier alpha value is -4.36. The molecule has 3 aromatic heterocycles. The quantitative estimate of drug-likeness (QED) is 0.348. The summed E-state index contributed by atoms with van der Waals surface area (Å²) in [7, 11) is 0. The van der Waals surface area contributed by atoms with Gasteiger partial charge in [0.05, 0.1) is 17.0 Å². The highest BCUT2D eigenvalue weighted by Gasteiger charge is 2.40. The molecule has 1 saturated heterocycles. The molecule has 206 valence electrons. The number of nitriles is 1. The second-order valence-corrected chi connectivity index (χ2v) is 10.6. The monoisotopic (exact) mass is 541 g/mol. The van der Waals surface area contributed by atoms with E-state index in [9.17, 15) is 10.1 Å². The van der Waals surface area contributed by atoms with Gasteiger partial charge in [0.15, 0.2) is 5.65 Å². The van der Waals surface area contributed by atoms with E-state index >= 15 is 4.39 Å². The predicted octanol–water partition coefficient (Wildman–Crippen LogP) is 4.73. The van der Waals surface area contributed by atoms with Crippen molar-refractivity contribution in [1.82, 2.24) is 24.4 Å². The molecule has 9 nitrogen and oxygen atoms in total. The Morgan fingerprint density at radius 1 is 1.12 bits per heavy atom. The molecular formula is C30H32FN7O2. The van der Waals surface area contributed by atoms with E-state index < -0.39 is 5.60 Å². The van der Waals surface area contributed by atoms with Crippen LogP contribution in [0.25, 0.3) is 28.0 Å². The summed E-state index contributed by atoms with van der Waals surface area (Å²) >= 11 is 0. The fourth-order valence-electron chi connectivity index (χ4n) is 5.41. The topological polar surface area (TPSA) is 100 Å². The summed E-state index contributed by atoms with van der Waals surface area (Å²) in [5.74, 6) is 0.716. The van der Waals surface area contributed by atoms with E-state index in [0.29, 0.717) is 59.1 Å². The number of rotatable bonds is 6. The molecule has 0 saturated carbocycles. The molecule has 0 N–H and O–H groups in total. The van der Waals surface area contributed by atoms with Crippen LogP contribution in [-0.4, -0.2) is 67.7 Å². The van der Waals surface area contributed by atoms with Gasteiger partial charge in [-0.1, -0.05) is 18.2 Å². The van der Waals surface area contributed by atoms with Crippen LogP contribution in [0.2, 0.25) is 0 Å².